The molecule has 1 aromatic carbocycles. The highest BCUT2D eigenvalue weighted by Crippen LogP contribution is 2.18. The van der Waals surface area contributed by atoms with Crippen molar-refractivity contribution in [2.24, 2.45) is 0 Å². The average molecular weight is 221 g/mol. The SMILES string of the molecule is CCCNc1ccc(N)cc1C(=O)NCC. The van der Waals surface area contributed by atoms with Gasteiger partial charge in [0.05, 0.1) is 5.56 Å². The number of anilines is 2. The van der Waals surface area contributed by atoms with E-state index in [0.29, 0.717) is 17.8 Å². The smallest absolute Gasteiger partial charge is 0.253 e. The Hall–Kier alpha value is -1.71. The molecule has 0 unspecified atom stereocenters. The summed E-state index contributed by atoms with van der Waals surface area (Å²) in [6.45, 7) is 5.43. The Kier molecular flexibility index (Phi) is 4.64. The maximum atomic E-state index is 11.8. The molecule has 1 aromatic rings. The molecule has 0 heterocycles. The predicted molar refractivity (Wildman–Crippen MR) is 67.6 cm³/mol. The van der Waals surface area contributed by atoms with Gasteiger partial charge in [-0.25, -0.2) is 0 Å². The molecule has 16 heavy (non-hydrogen) atoms. The number of rotatable bonds is 5. The monoisotopic (exact) mass is 221 g/mol. The van der Waals surface area contributed by atoms with E-state index in [4.69, 9.17) is 5.73 Å². The Labute approximate surface area is 96.2 Å². The van der Waals surface area contributed by atoms with Gasteiger partial charge in [0.25, 0.3) is 5.91 Å². The van der Waals surface area contributed by atoms with E-state index >= 15 is 0 Å². The molecule has 4 N–H and O–H groups in total. The molecular formula is C12H19N3O. The molecule has 0 spiro atoms. The molecule has 0 bridgehead atoms. The first-order valence-corrected chi connectivity index (χ1v) is 5.60. The molecule has 0 aromatic heterocycles. The van der Waals surface area contributed by atoms with E-state index in [0.717, 1.165) is 18.7 Å². The van der Waals surface area contributed by atoms with E-state index < -0.39 is 0 Å². The highest BCUT2D eigenvalue weighted by molar-refractivity contribution is 6.00. The summed E-state index contributed by atoms with van der Waals surface area (Å²) in [6.07, 6.45) is 1.01. The molecule has 0 saturated carbocycles. The molecule has 88 valence electrons. The van der Waals surface area contributed by atoms with Crippen molar-refractivity contribution in [2.45, 2.75) is 20.3 Å². The topological polar surface area (TPSA) is 67.1 Å². The van der Waals surface area contributed by atoms with Crippen molar-refractivity contribution in [3.63, 3.8) is 0 Å². The van der Waals surface area contributed by atoms with Crippen molar-refractivity contribution in [2.75, 3.05) is 24.1 Å². The number of nitrogens with one attached hydrogen (secondary N) is 2. The Morgan fingerprint density at radius 1 is 1.38 bits per heavy atom. The van der Waals surface area contributed by atoms with E-state index in [9.17, 15) is 4.79 Å². The van der Waals surface area contributed by atoms with Gasteiger partial charge in [-0.05, 0) is 31.5 Å². The van der Waals surface area contributed by atoms with Gasteiger partial charge in [-0.2, -0.15) is 0 Å². The van der Waals surface area contributed by atoms with Gasteiger partial charge in [-0.15, -0.1) is 0 Å². The second-order valence-corrected chi connectivity index (χ2v) is 3.59. The van der Waals surface area contributed by atoms with Crippen molar-refractivity contribution in [1.82, 2.24) is 5.32 Å². The number of nitrogens with two attached hydrogens (primary N) is 1. The van der Waals surface area contributed by atoms with Gasteiger partial charge >= 0.3 is 0 Å². The minimum absolute atomic E-state index is 0.0894. The van der Waals surface area contributed by atoms with Crippen LogP contribution in [0, 0.1) is 0 Å². The molecule has 1 amide bonds. The van der Waals surface area contributed by atoms with Gasteiger partial charge in [0.1, 0.15) is 0 Å². The Morgan fingerprint density at radius 2 is 2.12 bits per heavy atom. The summed E-state index contributed by atoms with van der Waals surface area (Å²) >= 11 is 0. The lowest BCUT2D eigenvalue weighted by Crippen LogP contribution is -2.24. The summed E-state index contributed by atoms with van der Waals surface area (Å²) in [6, 6.07) is 5.33. The molecule has 0 aliphatic rings. The fourth-order valence-electron chi connectivity index (χ4n) is 1.42. The van der Waals surface area contributed by atoms with Gasteiger partial charge < -0.3 is 16.4 Å². The lowest BCUT2D eigenvalue weighted by Gasteiger charge is -2.11. The predicted octanol–water partition coefficient (Wildman–Crippen LogP) is 1.84. The standard InChI is InChI=1S/C12H19N3O/c1-3-7-15-11-6-5-9(13)8-10(11)12(16)14-4-2/h5-6,8,15H,3-4,7,13H2,1-2H3,(H,14,16). The maximum absolute atomic E-state index is 11.8. The molecule has 1 rings (SSSR count). The van der Waals surface area contributed by atoms with Crippen LogP contribution in [-0.4, -0.2) is 19.0 Å². The highest BCUT2D eigenvalue weighted by Gasteiger charge is 2.10. The summed E-state index contributed by atoms with van der Waals surface area (Å²) in [4.78, 5) is 11.8. The maximum Gasteiger partial charge on any atom is 0.253 e. The van der Waals surface area contributed by atoms with Crippen LogP contribution in [0.15, 0.2) is 18.2 Å². The first kappa shape index (κ1) is 12.4. The minimum atomic E-state index is -0.0894. The van der Waals surface area contributed by atoms with Crippen molar-refractivity contribution in [3.8, 4) is 0 Å². The molecule has 0 fully saturated rings. The third-order valence-corrected chi connectivity index (χ3v) is 2.19. The first-order chi connectivity index (χ1) is 7.69. The quantitative estimate of drug-likeness (QED) is 0.665. The zero-order valence-corrected chi connectivity index (χ0v) is 9.84. The van der Waals surface area contributed by atoms with Crippen LogP contribution in [-0.2, 0) is 0 Å². The largest absolute Gasteiger partial charge is 0.399 e. The van der Waals surface area contributed by atoms with Crippen molar-refractivity contribution >= 4 is 17.3 Å². The van der Waals surface area contributed by atoms with E-state index in [2.05, 4.69) is 17.6 Å². The molecule has 0 atom stereocenters. The number of nitrogen functional groups attached to an aromatic ring is 1. The van der Waals surface area contributed by atoms with Crippen LogP contribution in [0.1, 0.15) is 30.6 Å². The average Bonchev–Trinajstić information content (AvgIpc) is 2.27. The van der Waals surface area contributed by atoms with E-state index in [1.165, 1.54) is 0 Å². The summed E-state index contributed by atoms with van der Waals surface area (Å²) in [7, 11) is 0. The molecule has 4 heteroatoms. The van der Waals surface area contributed by atoms with Gasteiger partial charge in [0, 0.05) is 24.5 Å². The molecule has 0 aliphatic heterocycles. The number of benzene rings is 1. The summed E-state index contributed by atoms with van der Waals surface area (Å²) in [5.41, 5.74) is 7.72. The first-order valence-electron chi connectivity index (χ1n) is 5.60. The third kappa shape index (κ3) is 3.15. The van der Waals surface area contributed by atoms with Gasteiger partial charge in [0.2, 0.25) is 0 Å². The highest BCUT2D eigenvalue weighted by atomic mass is 16.1. The van der Waals surface area contributed by atoms with Gasteiger partial charge in [0.15, 0.2) is 0 Å². The van der Waals surface area contributed by atoms with E-state index in [1.54, 1.807) is 12.1 Å². The fraction of sp³-hybridized carbons (Fsp3) is 0.417. The number of carbonyl (C=O) groups excluding carboxylic acids is 1. The molecule has 0 aliphatic carbocycles. The van der Waals surface area contributed by atoms with Gasteiger partial charge in [-0.3, -0.25) is 4.79 Å². The lowest BCUT2D eigenvalue weighted by molar-refractivity contribution is 0.0956. The molecule has 0 radical (unpaired) electrons. The third-order valence-electron chi connectivity index (χ3n) is 2.19. The second kappa shape index (κ2) is 6.00. The fourth-order valence-corrected chi connectivity index (χ4v) is 1.42. The normalized spacial score (nSPS) is 9.88. The Bertz CT molecular complexity index is 363. The van der Waals surface area contributed by atoms with Crippen molar-refractivity contribution < 1.29 is 4.79 Å². The number of hydrogen-bond acceptors (Lipinski definition) is 3. The van der Waals surface area contributed by atoms with Crippen LogP contribution in [0.5, 0.6) is 0 Å². The zero-order chi connectivity index (χ0) is 12.0. The van der Waals surface area contributed by atoms with Gasteiger partial charge in [-0.1, -0.05) is 6.92 Å². The zero-order valence-electron chi connectivity index (χ0n) is 9.84. The van der Waals surface area contributed by atoms with Crippen LogP contribution in [0.2, 0.25) is 0 Å². The summed E-state index contributed by atoms with van der Waals surface area (Å²) in [5, 5.41) is 5.98. The Balaban J connectivity index is 2.93. The van der Waals surface area contributed by atoms with Crippen LogP contribution in [0.25, 0.3) is 0 Å². The van der Waals surface area contributed by atoms with Crippen LogP contribution >= 0.6 is 0 Å². The van der Waals surface area contributed by atoms with Crippen molar-refractivity contribution in [3.05, 3.63) is 23.8 Å². The van der Waals surface area contributed by atoms with Crippen LogP contribution in [0.3, 0.4) is 0 Å². The van der Waals surface area contributed by atoms with E-state index in [1.807, 2.05) is 13.0 Å². The molecule has 4 nitrogen and oxygen atoms in total. The van der Waals surface area contributed by atoms with Crippen molar-refractivity contribution in [1.29, 1.82) is 0 Å². The number of hydrogen-bond donors (Lipinski definition) is 3. The summed E-state index contributed by atoms with van der Waals surface area (Å²) < 4.78 is 0. The minimum Gasteiger partial charge on any atom is -0.399 e. The molecule has 0 saturated heterocycles. The van der Waals surface area contributed by atoms with E-state index in [-0.39, 0.29) is 5.91 Å². The van der Waals surface area contributed by atoms with Crippen LogP contribution < -0.4 is 16.4 Å². The Morgan fingerprint density at radius 3 is 2.75 bits per heavy atom. The lowest BCUT2D eigenvalue weighted by atomic mass is 10.1. The summed E-state index contributed by atoms with van der Waals surface area (Å²) in [5.74, 6) is -0.0894. The van der Waals surface area contributed by atoms with Crippen LogP contribution in [0.4, 0.5) is 11.4 Å². The number of carbonyl (C=O) groups is 1. The molecular weight excluding hydrogens is 202 g/mol. The second-order valence-electron chi connectivity index (χ2n) is 3.59. The number of amides is 1.